The first-order valence-electron chi connectivity index (χ1n) is 5.86. The minimum atomic E-state index is -0.401. The molecular weight excluding hydrogens is 264 g/mol. The Labute approximate surface area is 113 Å². The van der Waals surface area contributed by atoms with Crippen molar-refractivity contribution in [3.8, 4) is 5.75 Å². The number of thiazole rings is 1. The van der Waals surface area contributed by atoms with Gasteiger partial charge in [0.1, 0.15) is 11.3 Å². The monoisotopic (exact) mass is 276 g/mol. The van der Waals surface area contributed by atoms with Crippen LogP contribution in [0.3, 0.4) is 0 Å². The van der Waals surface area contributed by atoms with Gasteiger partial charge >= 0.3 is 5.97 Å². The maximum absolute atomic E-state index is 11.7. The van der Waals surface area contributed by atoms with Crippen LogP contribution in [0.1, 0.15) is 17.4 Å². The zero-order valence-corrected chi connectivity index (χ0v) is 11.4. The average Bonchev–Trinajstić information content (AvgIpc) is 2.95. The highest BCUT2D eigenvalue weighted by atomic mass is 32.1. The number of nitrogens with zero attached hydrogens (tertiary/aromatic N) is 2. The van der Waals surface area contributed by atoms with E-state index < -0.39 is 5.97 Å². The van der Waals surface area contributed by atoms with E-state index in [-0.39, 0.29) is 0 Å². The second-order valence-corrected chi connectivity index (χ2v) is 4.92. The van der Waals surface area contributed by atoms with Crippen molar-refractivity contribution in [2.24, 2.45) is 0 Å². The van der Waals surface area contributed by atoms with Gasteiger partial charge in [0.2, 0.25) is 0 Å². The predicted octanol–water partition coefficient (Wildman–Crippen LogP) is 2.73. The molecule has 0 unspecified atom stereocenters. The van der Waals surface area contributed by atoms with Crippen LogP contribution in [-0.4, -0.2) is 29.1 Å². The number of para-hydroxylation sites is 1. The fourth-order valence-electron chi connectivity index (χ4n) is 1.98. The summed E-state index contributed by atoms with van der Waals surface area (Å²) < 4.78 is 13.2. The van der Waals surface area contributed by atoms with Crippen molar-refractivity contribution in [1.82, 2.24) is 9.38 Å². The van der Waals surface area contributed by atoms with Crippen LogP contribution in [0.4, 0.5) is 0 Å². The molecule has 19 heavy (non-hydrogen) atoms. The lowest BCUT2D eigenvalue weighted by Gasteiger charge is -2.01. The third-order valence-electron chi connectivity index (χ3n) is 2.78. The zero-order chi connectivity index (χ0) is 13.4. The van der Waals surface area contributed by atoms with Crippen molar-refractivity contribution in [1.29, 1.82) is 0 Å². The first-order chi connectivity index (χ1) is 9.24. The minimum Gasteiger partial charge on any atom is -0.495 e. The van der Waals surface area contributed by atoms with Crippen LogP contribution in [0.2, 0.25) is 0 Å². The molecule has 0 aliphatic carbocycles. The third-order valence-corrected chi connectivity index (χ3v) is 3.80. The molecule has 0 saturated heterocycles. The first kappa shape index (κ1) is 12.0. The Kier molecular flexibility index (Phi) is 2.87. The number of hydrogen-bond donors (Lipinski definition) is 0. The lowest BCUT2D eigenvalue weighted by Crippen LogP contribution is -2.04. The number of ether oxygens (including phenoxy) is 2. The van der Waals surface area contributed by atoms with Gasteiger partial charge < -0.3 is 9.47 Å². The normalized spacial score (nSPS) is 11.1. The number of hydrogen-bond acceptors (Lipinski definition) is 5. The molecule has 3 aromatic rings. The summed E-state index contributed by atoms with van der Waals surface area (Å²) in [7, 11) is 1.63. The highest BCUT2D eigenvalue weighted by Crippen LogP contribution is 2.32. The molecule has 5 nitrogen and oxygen atoms in total. The van der Waals surface area contributed by atoms with Crippen molar-refractivity contribution in [2.45, 2.75) is 6.92 Å². The quantitative estimate of drug-likeness (QED) is 0.690. The molecule has 0 radical (unpaired) electrons. The summed E-state index contributed by atoms with van der Waals surface area (Å²) in [5, 5.41) is 0. The van der Waals surface area contributed by atoms with Crippen LogP contribution >= 0.6 is 11.3 Å². The largest absolute Gasteiger partial charge is 0.495 e. The van der Waals surface area contributed by atoms with Gasteiger partial charge in [-0.1, -0.05) is 17.4 Å². The standard InChI is InChI=1S/C13H12N2O3S/c1-3-18-12(16)8-7-15-11-9(17-2)5-4-6-10(11)19-13(15)14-8/h4-7H,3H2,1-2H3. The van der Waals surface area contributed by atoms with Crippen molar-refractivity contribution in [3.63, 3.8) is 0 Å². The van der Waals surface area contributed by atoms with E-state index in [0.717, 1.165) is 20.9 Å². The van der Waals surface area contributed by atoms with E-state index in [2.05, 4.69) is 4.98 Å². The summed E-state index contributed by atoms with van der Waals surface area (Å²) in [5.74, 6) is 0.359. The number of benzene rings is 1. The van der Waals surface area contributed by atoms with Gasteiger partial charge in [-0.2, -0.15) is 0 Å². The summed E-state index contributed by atoms with van der Waals surface area (Å²) in [6.07, 6.45) is 1.69. The zero-order valence-electron chi connectivity index (χ0n) is 10.5. The number of methoxy groups -OCH3 is 1. The molecule has 2 aromatic heterocycles. The number of carbonyl (C=O) groups excluding carboxylic acids is 1. The Hall–Kier alpha value is -2.08. The van der Waals surface area contributed by atoms with Gasteiger partial charge in [-0.3, -0.25) is 4.40 Å². The highest BCUT2D eigenvalue weighted by molar-refractivity contribution is 7.23. The summed E-state index contributed by atoms with van der Waals surface area (Å²) >= 11 is 1.51. The van der Waals surface area contributed by atoms with Crippen LogP contribution in [-0.2, 0) is 4.74 Å². The van der Waals surface area contributed by atoms with Gasteiger partial charge in [0.05, 0.1) is 18.4 Å². The van der Waals surface area contributed by atoms with Crippen molar-refractivity contribution in [2.75, 3.05) is 13.7 Å². The molecule has 0 amide bonds. The molecule has 0 aliphatic rings. The molecule has 0 aliphatic heterocycles. The molecular formula is C13H12N2O3S. The molecule has 2 heterocycles. The molecule has 0 bridgehead atoms. The number of esters is 1. The lowest BCUT2D eigenvalue weighted by atomic mass is 10.3. The summed E-state index contributed by atoms with van der Waals surface area (Å²) in [6.45, 7) is 2.11. The van der Waals surface area contributed by atoms with Gasteiger partial charge in [0, 0.05) is 6.20 Å². The fourth-order valence-corrected chi connectivity index (χ4v) is 3.01. The number of fused-ring (bicyclic) bond motifs is 3. The molecule has 98 valence electrons. The highest BCUT2D eigenvalue weighted by Gasteiger charge is 2.16. The van der Waals surface area contributed by atoms with Gasteiger partial charge in [0.15, 0.2) is 10.7 Å². The summed E-state index contributed by atoms with van der Waals surface area (Å²) in [4.78, 5) is 16.7. The van der Waals surface area contributed by atoms with Crippen LogP contribution in [0.25, 0.3) is 15.2 Å². The Morgan fingerprint density at radius 2 is 2.32 bits per heavy atom. The van der Waals surface area contributed by atoms with Crippen molar-refractivity contribution < 1.29 is 14.3 Å². The number of aromatic nitrogens is 2. The topological polar surface area (TPSA) is 52.8 Å². The van der Waals surface area contributed by atoms with Crippen molar-refractivity contribution >= 4 is 32.5 Å². The molecule has 0 saturated carbocycles. The second kappa shape index (κ2) is 4.55. The van der Waals surface area contributed by atoms with Gasteiger partial charge in [-0.05, 0) is 19.1 Å². The van der Waals surface area contributed by atoms with E-state index in [4.69, 9.17) is 9.47 Å². The minimum absolute atomic E-state index is 0.320. The number of imidazole rings is 1. The third kappa shape index (κ3) is 1.84. The SMILES string of the molecule is CCOC(=O)c1cn2c(n1)sc1cccc(OC)c12. The van der Waals surface area contributed by atoms with E-state index >= 15 is 0 Å². The maximum atomic E-state index is 11.7. The van der Waals surface area contributed by atoms with E-state index in [1.54, 1.807) is 20.2 Å². The fraction of sp³-hybridized carbons (Fsp3) is 0.231. The number of carbonyl (C=O) groups is 1. The van der Waals surface area contributed by atoms with E-state index in [0.29, 0.717) is 12.3 Å². The Bertz CT molecular complexity index is 760. The Balaban J connectivity index is 2.21. The number of rotatable bonds is 3. The van der Waals surface area contributed by atoms with E-state index in [9.17, 15) is 4.79 Å². The van der Waals surface area contributed by atoms with Crippen LogP contribution in [0.5, 0.6) is 5.75 Å². The smallest absolute Gasteiger partial charge is 0.358 e. The van der Waals surface area contributed by atoms with E-state index in [1.165, 1.54) is 11.3 Å². The Morgan fingerprint density at radius 3 is 3.05 bits per heavy atom. The molecule has 0 fully saturated rings. The van der Waals surface area contributed by atoms with E-state index in [1.807, 2.05) is 22.6 Å². The molecule has 0 N–H and O–H groups in total. The summed E-state index contributed by atoms with van der Waals surface area (Å²) in [6, 6.07) is 5.82. The Morgan fingerprint density at radius 1 is 1.47 bits per heavy atom. The summed E-state index contributed by atoms with van der Waals surface area (Å²) in [5.41, 5.74) is 1.24. The van der Waals surface area contributed by atoms with Gasteiger partial charge in [0.25, 0.3) is 0 Å². The lowest BCUT2D eigenvalue weighted by molar-refractivity contribution is 0.0520. The van der Waals surface area contributed by atoms with Gasteiger partial charge in [-0.15, -0.1) is 0 Å². The molecule has 0 atom stereocenters. The molecule has 0 spiro atoms. The van der Waals surface area contributed by atoms with Crippen molar-refractivity contribution in [3.05, 3.63) is 30.1 Å². The van der Waals surface area contributed by atoms with Crippen LogP contribution in [0, 0.1) is 0 Å². The average molecular weight is 276 g/mol. The first-order valence-corrected chi connectivity index (χ1v) is 6.68. The second-order valence-electron chi connectivity index (χ2n) is 3.91. The molecule has 6 heteroatoms. The predicted molar refractivity (Wildman–Crippen MR) is 73.1 cm³/mol. The molecule has 1 aromatic carbocycles. The molecule has 3 rings (SSSR count). The van der Waals surface area contributed by atoms with Crippen LogP contribution < -0.4 is 4.74 Å². The van der Waals surface area contributed by atoms with Crippen LogP contribution in [0.15, 0.2) is 24.4 Å². The van der Waals surface area contributed by atoms with Gasteiger partial charge in [-0.25, -0.2) is 9.78 Å². The maximum Gasteiger partial charge on any atom is 0.358 e.